The molecule has 0 aromatic heterocycles. The van der Waals surface area contributed by atoms with Crippen molar-refractivity contribution in [2.75, 3.05) is 13.1 Å². The summed E-state index contributed by atoms with van der Waals surface area (Å²) in [5, 5.41) is 31.2. The standard InChI is InChI=1S/C21H25NO4/c23-14-4-3-12-6-20-9-21(17(12)18(14)26)7-16(25)15(24)5-13(21)19(20)22(10-20)8-11-1-2-11/h3-4,11,13,15,19,23-24,26H,1-2,5-10H2/t13?,15?,19?,20?,21-/m0/s1. The van der Waals surface area contributed by atoms with Crippen molar-refractivity contribution in [2.45, 2.75) is 56.1 Å². The van der Waals surface area contributed by atoms with E-state index in [0.717, 1.165) is 43.0 Å². The Morgan fingerprint density at radius 1 is 1.19 bits per heavy atom. The predicted octanol–water partition coefficient (Wildman–Crippen LogP) is 1.72. The van der Waals surface area contributed by atoms with Gasteiger partial charge in [0, 0.05) is 41.9 Å². The van der Waals surface area contributed by atoms with Crippen molar-refractivity contribution < 1.29 is 20.1 Å². The van der Waals surface area contributed by atoms with E-state index >= 15 is 0 Å². The highest BCUT2D eigenvalue weighted by molar-refractivity contribution is 5.86. The summed E-state index contributed by atoms with van der Waals surface area (Å²) in [5.41, 5.74) is 1.64. The van der Waals surface area contributed by atoms with Crippen LogP contribution in [0.1, 0.15) is 43.2 Å². The molecule has 1 aliphatic heterocycles. The summed E-state index contributed by atoms with van der Waals surface area (Å²) < 4.78 is 0. The smallest absolute Gasteiger partial charge is 0.162 e. The van der Waals surface area contributed by atoms with E-state index in [2.05, 4.69) is 4.90 Å². The fourth-order valence-corrected chi connectivity index (χ4v) is 7.22. The van der Waals surface area contributed by atoms with Crippen LogP contribution in [0.4, 0.5) is 0 Å². The number of ketones is 1. The maximum Gasteiger partial charge on any atom is 0.162 e. The number of Topliss-reactive ketones (excluding diaryl/α,β-unsaturated/α-hetero) is 1. The number of carbonyl (C=O) groups is 1. The number of hydrogen-bond acceptors (Lipinski definition) is 5. The number of phenolic OH excluding ortho intramolecular Hbond substituents is 2. The van der Waals surface area contributed by atoms with Crippen LogP contribution in [-0.4, -0.2) is 51.2 Å². The van der Waals surface area contributed by atoms with E-state index in [9.17, 15) is 20.1 Å². The maximum absolute atomic E-state index is 12.5. The molecule has 4 aliphatic carbocycles. The fraction of sp³-hybridized carbons (Fsp3) is 0.667. The van der Waals surface area contributed by atoms with Gasteiger partial charge in [-0.05, 0) is 55.6 Å². The first-order valence-electron chi connectivity index (χ1n) is 9.93. The van der Waals surface area contributed by atoms with E-state index in [1.165, 1.54) is 12.8 Å². The van der Waals surface area contributed by atoms with Crippen LogP contribution in [0.15, 0.2) is 12.1 Å². The number of nitrogens with zero attached hydrogens (tertiary/aromatic N) is 1. The third kappa shape index (κ3) is 1.71. The average molecular weight is 355 g/mol. The monoisotopic (exact) mass is 355 g/mol. The Hall–Kier alpha value is -1.59. The SMILES string of the molecule is O=C1C[C@@]23CC4(Cc5ccc(O)c(O)c52)CN(CC2CC2)C4C3CC1O. The van der Waals surface area contributed by atoms with E-state index in [1.54, 1.807) is 6.07 Å². The highest BCUT2D eigenvalue weighted by Gasteiger charge is 2.73. The molecule has 0 amide bonds. The van der Waals surface area contributed by atoms with E-state index in [4.69, 9.17) is 0 Å². The Bertz CT molecular complexity index is 834. The molecule has 1 aromatic carbocycles. The van der Waals surface area contributed by atoms with E-state index in [0.29, 0.717) is 18.9 Å². The third-order valence-electron chi connectivity index (χ3n) is 8.11. The average Bonchev–Trinajstić information content (AvgIpc) is 3.37. The van der Waals surface area contributed by atoms with Crippen molar-refractivity contribution in [1.82, 2.24) is 4.90 Å². The third-order valence-corrected chi connectivity index (χ3v) is 8.11. The normalized spacial score (nSPS) is 43.4. The van der Waals surface area contributed by atoms with Crippen LogP contribution in [0.25, 0.3) is 0 Å². The van der Waals surface area contributed by atoms with Gasteiger partial charge >= 0.3 is 0 Å². The van der Waals surface area contributed by atoms with Gasteiger partial charge in [0.05, 0.1) is 0 Å². The molecular weight excluding hydrogens is 330 g/mol. The molecule has 3 saturated carbocycles. The molecule has 1 aromatic rings. The Morgan fingerprint density at radius 3 is 2.77 bits per heavy atom. The number of likely N-dealkylation sites (tertiary alicyclic amines) is 1. The highest BCUT2D eigenvalue weighted by Crippen LogP contribution is 2.71. The quantitative estimate of drug-likeness (QED) is 0.704. The van der Waals surface area contributed by atoms with Crippen molar-refractivity contribution in [1.29, 1.82) is 0 Å². The molecule has 5 nitrogen and oxygen atoms in total. The van der Waals surface area contributed by atoms with Crippen LogP contribution in [-0.2, 0) is 16.6 Å². The molecule has 3 N–H and O–H groups in total. The number of hydrogen-bond donors (Lipinski definition) is 3. The predicted molar refractivity (Wildman–Crippen MR) is 94.0 cm³/mol. The lowest BCUT2D eigenvalue weighted by molar-refractivity contribution is -0.135. The zero-order valence-electron chi connectivity index (χ0n) is 14.8. The van der Waals surface area contributed by atoms with Gasteiger partial charge in [0.15, 0.2) is 17.3 Å². The molecule has 6 rings (SSSR count). The molecule has 2 bridgehead atoms. The fourth-order valence-electron chi connectivity index (χ4n) is 7.22. The lowest BCUT2D eigenvalue weighted by Gasteiger charge is -2.56. The van der Waals surface area contributed by atoms with Gasteiger partial charge in [-0.15, -0.1) is 0 Å². The van der Waals surface area contributed by atoms with Crippen molar-refractivity contribution in [3.8, 4) is 11.5 Å². The minimum atomic E-state index is -0.881. The van der Waals surface area contributed by atoms with Gasteiger partial charge in [-0.25, -0.2) is 0 Å². The van der Waals surface area contributed by atoms with Crippen LogP contribution in [0.5, 0.6) is 11.5 Å². The Balaban J connectivity index is 1.51. The van der Waals surface area contributed by atoms with Gasteiger partial charge < -0.3 is 15.3 Å². The van der Waals surface area contributed by atoms with Gasteiger partial charge in [0.25, 0.3) is 0 Å². The number of fused-ring (bicyclic) bond motifs is 2. The lowest BCUT2D eigenvalue weighted by atomic mass is 9.59. The van der Waals surface area contributed by atoms with Crippen molar-refractivity contribution >= 4 is 5.78 Å². The summed E-state index contributed by atoms with van der Waals surface area (Å²) in [4.78, 5) is 15.1. The number of aliphatic hydroxyl groups excluding tert-OH is 1. The first-order chi connectivity index (χ1) is 12.4. The van der Waals surface area contributed by atoms with Gasteiger partial charge in [0.2, 0.25) is 0 Å². The number of aliphatic hydroxyl groups is 1. The van der Waals surface area contributed by atoms with E-state index < -0.39 is 11.5 Å². The Morgan fingerprint density at radius 2 is 2.00 bits per heavy atom. The molecule has 26 heavy (non-hydrogen) atoms. The van der Waals surface area contributed by atoms with Crippen LogP contribution in [0, 0.1) is 17.3 Å². The molecule has 4 fully saturated rings. The van der Waals surface area contributed by atoms with Crippen molar-refractivity contribution in [2.24, 2.45) is 17.3 Å². The second-order valence-electron chi connectivity index (χ2n) is 9.66. The summed E-state index contributed by atoms with van der Waals surface area (Å²) in [7, 11) is 0. The number of carbonyl (C=O) groups excluding carboxylic acids is 1. The second-order valence-corrected chi connectivity index (χ2v) is 9.66. The van der Waals surface area contributed by atoms with E-state index in [1.807, 2.05) is 6.07 Å². The number of phenols is 2. The van der Waals surface area contributed by atoms with Crippen molar-refractivity contribution in [3.63, 3.8) is 0 Å². The summed E-state index contributed by atoms with van der Waals surface area (Å²) in [5.74, 6) is 0.750. The zero-order valence-corrected chi connectivity index (χ0v) is 14.8. The lowest BCUT2D eigenvalue weighted by Crippen LogP contribution is -2.65. The Kier molecular flexibility index (Phi) is 2.75. The van der Waals surface area contributed by atoms with E-state index in [-0.39, 0.29) is 28.6 Å². The number of benzene rings is 1. The summed E-state index contributed by atoms with van der Waals surface area (Å²) in [6.45, 7) is 2.20. The minimum absolute atomic E-state index is 0.0402. The molecular formula is C21H25NO4. The van der Waals surface area contributed by atoms with Crippen LogP contribution < -0.4 is 0 Å². The first-order valence-corrected chi connectivity index (χ1v) is 9.93. The largest absolute Gasteiger partial charge is 0.504 e. The summed E-state index contributed by atoms with van der Waals surface area (Å²) in [6, 6.07) is 3.90. The van der Waals surface area contributed by atoms with Gasteiger partial charge in [-0.1, -0.05) is 6.07 Å². The van der Waals surface area contributed by atoms with Gasteiger partial charge in [-0.2, -0.15) is 0 Å². The molecule has 1 heterocycles. The molecule has 4 unspecified atom stereocenters. The molecule has 5 aliphatic rings. The van der Waals surface area contributed by atoms with Gasteiger partial charge in [-0.3, -0.25) is 9.69 Å². The van der Waals surface area contributed by atoms with Gasteiger partial charge in [0.1, 0.15) is 6.10 Å². The summed E-state index contributed by atoms with van der Waals surface area (Å²) >= 11 is 0. The Labute approximate surface area is 152 Å². The maximum atomic E-state index is 12.5. The van der Waals surface area contributed by atoms with Crippen LogP contribution in [0.3, 0.4) is 0 Å². The molecule has 1 saturated heterocycles. The first kappa shape index (κ1) is 15.5. The molecule has 138 valence electrons. The van der Waals surface area contributed by atoms with Crippen molar-refractivity contribution in [3.05, 3.63) is 23.3 Å². The topological polar surface area (TPSA) is 81.0 Å². The molecule has 5 atom stereocenters. The number of rotatable bonds is 2. The molecule has 2 spiro atoms. The van der Waals surface area contributed by atoms with Crippen LogP contribution in [0.2, 0.25) is 0 Å². The molecule has 5 heteroatoms. The number of aromatic hydroxyl groups is 2. The summed E-state index contributed by atoms with van der Waals surface area (Å²) in [6.07, 6.45) is 4.35. The minimum Gasteiger partial charge on any atom is -0.504 e. The highest BCUT2D eigenvalue weighted by atomic mass is 16.3. The molecule has 0 radical (unpaired) electrons. The van der Waals surface area contributed by atoms with Crippen LogP contribution >= 0.6 is 0 Å². The second kappa shape index (κ2) is 4.63. The zero-order chi connectivity index (χ0) is 17.8.